The van der Waals surface area contributed by atoms with Crippen molar-refractivity contribution in [2.75, 3.05) is 24.2 Å². The first-order valence-electron chi connectivity index (χ1n) is 12.5. The molecule has 39 heavy (non-hydrogen) atoms. The maximum atomic E-state index is 13.9. The Labute approximate surface area is 226 Å². The van der Waals surface area contributed by atoms with Crippen molar-refractivity contribution in [1.29, 1.82) is 0 Å². The van der Waals surface area contributed by atoms with Crippen molar-refractivity contribution in [2.45, 2.75) is 37.5 Å². The molecule has 11 heteroatoms. The van der Waals surface area contributed by atoms with E-state index in [-0.39, 0.29) is 24.3 Å². The Morgan fingerprint density at radius 1 is 1.05 bits per heavy atom. The summed E-state index contributed by atoms with van der Waals surface area (Å²) in [5, 5.41) is 3.53. The molecule has 1 aliphatic rings. The van der Waals surface area contributed by atoms with Crippen LogP contribution in [0, 0.1) is 5.82 Å². The number of nitrogens with one attached hydrogen (secondary N) is 1. The fraction of sp³-hybridized carbons (Fsp3) is 0.286. The van der Waals surface area contributed by atoms with Gasteiger partial charge in [-0.25, -0.2) is 22.8 Å². The largest absolute Gasteiger partial charge is 0.372 e. The SMILES string of the molecule is C[C@@H]1CN(c2cccc(-c3ccc4cnc(CNC(=O)c5ccc(F)c(S(C)(=O)=O)c5)cc4n3)n2)C[C@H](C)O1. The Morgan fingerprint density at radius 3 is 2.54 bits per heavy atom. The normalized spacial score (nSPS) is 17.8. The maximum absolute atomic E-state index is 13.9. The number of amides is 1. The van der Waals surface area contributed by atoms with Crippen LogP contribution in [0.15, 0.2) is 65.7 Å². The third kappa shape index (κ3) is 6.04. The van der Waals surface area contributed by atoms with E-state index in [1.54, 1.807) is 12.3 Å². The Bertz CT molecular complexity index is 1650. The van der Waals surface area contributed by atoms with Crippen LogP contribution < -0.4 is 10.2 Å². The van der Waals surface area contributed by atoms with Crippen molar-refractivity contribution in [3.05, 3.63) is 77.9 Å². The van der Waals surface area contributed by atoms with E-state index in [1.165, 1.54) is 6.07 Å². The number of halogens is 1. The molecule has 4 heterocycles. The van der Waals surface area contributed by atoms with Crippen LogP contribution in [0.3, 0.4) is 0 Å². The molecule has 3 aromatic heterocycles. The number of pyridine rings is 3. The molecule has 4 aromatic rings. The van der Waals surface area contributed by atoms with E-state index in [4.69, 9.17) is 14.7 Å². The molecule has 2 atom stereocenters. The lowest BCUT2D eigenvalue weighted by molar-refractivity contribution is -0.00545. The van der Waals surface area contributed by atoms with Crippen molar-refractivity contribution in [3.8, 4) is 11.4 Å². The fourth-order valence-electron chi connectivity index (χ4n) is 4.61. The molecular weight excluding hydrogens is 521 g/mol. The number of morpholine rings is 1. The molecule has 1 aliphatic heterocycles. The number of anilines is 1. The van der Waals surface area contributed by atoms with Gasteiger partial charge in [0.15, 0.2) is 9.84 Å². The predicted octanol–water partition coefficient (Wildman–Crippen LogP) is 3.78. The lowest BCUT2D eigenvalue weighted by Gasteiger charge is -2.36. The van der Waals surface area contributed by atoms with Gasteiger partial charge in [0.05, 0.1) is 41.4 Å². The van der Waals surface area contributed by atoms with Gasteiger partial charge in [-0.05, 0) is 62.4 Å². The van der Waals surface area contributed by atoms with Gasteiger partial charge in [0.1, 0.15) is 16.5 Å². The van der Waals surface area contributed by atoms with E-state index in [9.17, 15) is 17.6 Å². The van der Waals surface area contributed by atoms with E-state index in [0.717, 1.165) is 48.4 Å². The lowest BCUT2D eigenvalue weighted by Crippen LogP contribution is -2.45. The molecule has 9 nitrogen and oxygen atoms in total. The van der Waals surface area contributed by atoms with Gasteiger partial charge in [0.25, 0.3) is 5.91 Å². The molecule has 0 bridgehead atoms. The van der Waals surface area contributed by atoms with Gasteiger partial charge < -0.3 is 15.0 Å². The van der Waals surface area contributed by atoms with Crippen LogP contribution in [0.25, 0.3) is 22.3 Å². The van der Waals surface area contributed by atoms with Crippen LogP contribution in [-0.2, 0) is 21.1 Å². The summed E-state index contributed by atoms with van der Waals surface area (Å²) in [6.45, 7) is 5.71. The van der Waals surface area contributed by atoms with Crippen LogP contribution in [0.5, 0.6) is 0 Å². The molecule has 0 aliphatic carbocycles. The number of benzene rings is 1. The molecule has 1 N–H and O–H groups in total. The molecule has 202 valence electrons. The topological polar surface area (TPSA) is 114 Å². The third-order valence-electron chi connectivity index (χ3n) is 6.39. The highest BCUT2D eigenvalue weighted by Gasteiger charge is 2.23. The summed E-state index contributed by atoms with van der Waals surface area (Å²) in [4.78, 5) is 28.4. The van der Waals surface area contributed by atoms with Gasteiger partial charge in [-0.2, -0.15) is 0 Å². The van der Waals surface area contributed by atoms with E-state index >= 15 is 0 Å². The highest BCUT2D eigenvalue weighted by Crippen LogP contribution is 2.24. The number of sulfone groups is 1. The van der Waals surface area contributed by atoms with Gasteiger partial charge >= 0.3 is 0 Å². The van der Waals surface area contributed by atoms with Crippen LogP contribution in [0.4, 0.5) is 10.2 Å². The summed E-state index contributed by atoms with van der Waals surface area (Å²) >= 11 is 0. The minimum absolute atomic E-state index is 0.0352. The first-order valence-corrected chi connectivity index (χ1v) is 14.4. The fourth-order valence-corrected chi connectivity index (χ4v) is 5.37. The summed E-state index contributed by atoms with van der Waals surface area (Å²) in [5.41, 5.74) is 2.73. The summed E-state index contributed by atoms with van der Waals surface area (Å²) < 4.78 is 43.3. The Kier molecular flexibility index (Phi) is 7.28. The van der Waals surface area contributed by atoms with Gasteiger partial charge in [0, 0.05) is 36.5 Å². The van der Waals surface area contributed by atoms with Gasteiger partial charge in [-0.1, -0.05) is 6.07 Å². The minimum Gasteiger partial charge on any atom is -0.372 e. The Balaban J connectivity index is 1.34. The number of fused-ring (bicyclic) bond motifs is 1. The summed E-state index contributed by atoms with van der Waals surface area (Å²) in [6, 6.07) is 14.7. The summed E-state index contributed by atoms with van der Waals surface area (Å²) in [7, 11) is -3.81. The number of rotatable bonds is 6. The summed E-state index contributed by atoms with van der Waals surface area (Å²) in [6.07, 6.45) is 2.81. The van der Waals surface area contributed by atoms with E-state index in [2.05, 4.69) is 29.0 Å². The van der Waals surface area contributed by atoms with E-state index < -0.39 is 26.5 Å². The molecule has 0 saturated carbocycles. The molecule has 5 rings (SSSR count). The smallest absolute Gasteiger partial charge is 0.251 e. The van der Waals surface area contributed by atoms with Crippen LogP contribution in [0.2, 0.25) is 0 Å². The first-order chi connectivity index (χ1) is 18.6. The van der Waals surface area contributed by atoms with E-state index in [1.807, 2.05) is 30.3 Å². The average Bonchev–Trinajstić information content (AvgIpc) is 2.90. The van der Waals surface area contributed by atoms with Crippen LogP contribution >= 0.6 is 0 Å². The second-order valence-corrected chi connectivity index (χ2v) is 11.7. The molecule has 1 saturated heterocycles. The second kappa shape index (κ2) is 10.7. The standard InChI is InChI=1S/C28H28FN5O4S/c1-17-15-34(16-18(2)38-17)27-6-4-5-23(33-27)24-10-8-20-13-30-21(12-25(20)32-24)14-31-28(35)19-7-9-22(29)26(11-19)39(3,36)37/h4-13,17-18H,14-16H2,1-3H3,(H,31,35)/t17-,18+. The molecular formula is C28H28FN5O4S. The molecule has 1 aromatic carbocycles. The van der Waals surface area contributed by atoms with Crippen molar-refractivity contribution in [3.63, 3.8) is 0 Å². The number of hydrogen-bond acceptors (Lipinski definition) is 8. The zero-order chi connectivity index (χ0) is 27.7. The maximum Gasteiger partial charge on any atom is 0.251 e. The molecule has 0 spiro atoms. The minimum atomic E-state index is -3.81. The van der Waals surface area contributed by atoms with Gasteiger partial charge in [-0.3, -0.25) is 9.78 Å². The number of nitrogens with zero attached hydrogens (tertiary/aromatic N) is 4. The highest BCUT2D eigenvalue weighted by atomic mass is 32.2. The van der Waals surface area contributed by atoms with Crippen LogP contribution in [-0.4, -0.2) is 60.8 Å². The number of carbonyl (C=O) groups is 1. The molecule has 0 radical (unpaired) electrons. The third-order valence-corrected chi connectivity index (χ3v) is 7.51. The Morgan fingerprint density at radius 2 is 1.79 bits per heavy atom. The quantitative estimate of drug-likeness (QED) is 0.387. The lowest BCUT2D eigenvalue weighted by atomic mass is 10.1. The zero-order valence-corrected chi connectivity index (χ0v) is 22.6. The number of aromatic nitrogens is 3. The van der Waals surface area contributed by atoms with Crippen LogP contribution in [0.1, 0.15) is 29.9 Å². The second-order valence-electron chi connectivity index (χ2n) is 9.71. The highest BCUT2D eigenvalue weighted by molar-refractivity contribution is 7.90. The number of hydrogen-bond donors (Lipinski definition) is 1. The monoisotopic (exact) mass is 549 g/mol. The van der Waals surface area contributed by atoms with E-state index in [0.29, 0.717) is 16.9 Å². The van der Waals surface area contributed by atoms with Crippen molar-refractivity contribution in [2.24, 2.45) is 0 Å². The van der Waals surface area contributed by atoms with Gasteiger partial charge in [0.2, 0.25) is 0 Å². The summed E-state index contributed by atoms with van der Waals surface area (Å²) in [5.74, 6) is -0.577. The zero-order valence-electron chi connectivity index (χ0n) is 21.8. The first kappa shape index (κ1) is 26.6. The van der Waals surface area contributed by atoms with Crippen molar-refractivity contribution < 1.29 is 22.3 Å². The Hall–Kier alpha value is -3.96. The molecule has 1 fully saturated rings. The molecule has 1 amide bonds. The number of ether oxygens (including phenoxy) is 1. The predicted molar refractivity (Wildman–Crippen MR) is 146 cm³/mol. The number of carbonyl (C=O) groups excluding carboxylic acids is 1. The molecule has 0 unspecified atom stereocenters. The van der Waals surface area contributed by atoms with Crippen molar-refractivity contribution in [1.82, 2.24) is 20.3 Å². The average molecular weight is 550 g/mol. The van der Waals surface area contributed by atoms with Crippen molar-refractivity contribution >= 4 is 32.5 Å². The van der Waals surface area contributed by atoms with Gasteiger partial charge in [-0.15, -0.1) is 0 Å².